The number of carboxylic acids is 1. The number of anilines is 1. The molecule has 3 N–H and O–H groups in total. The number of nitrogens with one attached hydrogen (secondary N) is 2. The van der Waals surface area contributed by atoms with Gasteiger partial charge in [-0.1, -0.05) is 37.6 Å². The number of aliphatic carboxylic acids is 1. The van der Waals surface area contributed by atoms with Crippen molar-refractivity contribution in [2.75, 3.05) is 5.32 Å². The molecule has 1 rings (SSSR count). The van der Waals surface area contributed by atoms with E-state index in [1.807, 2.05) is 0 Å². The molecule has 0 aliphatic heterocycles. The van der Waals surface area contributed by atoms with Gasteiger partial charge in [-0.25, -0.2) is 9.59 Å². The Kier molecular flexibility index (Phi) is 5.18. The second-order valence-electron chi connectivity index (χ2n) is 4.59. The van der Waals surface area contributed by atoms with E-state index in [-0.39, 0.29) is 5.92 Å². The number of benzene rings is 1. The van der Waals surface area contributed by atoms with Crippen LogP contribution >= 0.6 is 11.6 Å². The van der Waals surface area contributed by atoms with Gasteiger partial charge in [0.1, 0.15) is 6.04 Å². The lowest BCUT2D eigenvalue weighted by molar-refractivity contribution is -0.140. The number of urea groups is 1. The quantitative estimate of drug-likeness (QED) is 0.795. The Balaban J connectivity index is 2.78. The summed E-state index contributed by atoms with van der Waals surface area (Å²) in [7, 11) is 0. The summed E-state index contributed by atoms with van der Waals surface area (Å²) in [6.45, 7) is 5.25. The maximum absolute atomic E-state index is 11.8. The Labute approximate surface area is 117 Å². The van der Waals surface area contributed by atoms with Gasteiger partial charge in [0.2, 0.25) is 0 Å². The summed E-state index contributed by atoms with van der Waals surface area (Å²) >= 11 is 5.98. The van der Waals surface area contributed by atoms with Crippen LogP contribution in [0.25, 0.3) is 0 Å². The molecule has 19 heavy (non-hydrogen) atoms. The smallest absolute Gasteiger partial charge is 0.326 e. The van der Waals surface area contributed by atoms with E-state index in [0.29, 0.717) is 10.7 Å². The summed E-state index contributed by atoms with van der Waals surface area (Å²) < 4.78 is 0. The lowest BCUT2D eigenvalue weighted by Crippen LogP contribution is -2.46. The van der Waals surface area contributed by atoms with Gasteiger partial charge in [0.15, 0.2) is 0 Å². The van der Waals surface area contributed by atoms with Crippen LogP contribution in [0.15, 0.2) is 18.2 Å². The predicted octanol–water partition coefficient (Wildman–Crippen LogP) is 2.88. The first kappa shape index (κ1) is 15.3. The summed E-state index contributed by atoms with van der Waals surface area (Å²) in [4.78, 5) is 22.8. The zero-order valence-electron chi connectivity index (χ0n) is 11.0. The molecule has 0 heterocycles. The summed E-state index contributed by atoms with van der Waals surface area (Å²) in [5, 5.41) is 14.4. The van der Waals surface area contributed by atoms with Gasteiger partial charge >= 0.3 is 12.0 Å². The van der Waals surface area contributed by atoms with Crippen LogP contribution in [-0.2, 0) is 4.79 Å². The molecule has 0 saturated carbocycles. The molecule has 0 saturated heterocycles. The third-order valence-corrected chi connectivity index (χ3v) is 2.99. The molecule has 0 bridgehead atoms. The molecule has 0 fully saturated rings. The Hall–Kier alpha value is -1.75. The van der Waals surface area contributed by atoms with Gasteiger partial charge in [-0.3, -0.25) is 0 Å². The standard InChI is InChI=1S/C13H17ClN2O3/c1-7(2)10(12(17)18)15-13(19)16-11-8(3)5-4-6-9(11)14/h4-7,10H,1-3H3,(H,17,18)(H2,15,16,19). The van der Waals surface area contributed by atoms with Gasteiger partial charge in [0.25, 0.3) is 0 Å². The van der Waals surface area contributed by atoms with Crippen molar-refractivity contribution in [3.8, 4) is 0 Å². The minimum atomic E-state index is -1.07. The van der Waals surface area contributed by atoms with E-state index in [2.05, 4.69) is 10.6 Å². The molecule has 1 atom stereocenters. The van der Waals surface area contributed by atoms with Crippen LogP contribution in [0.2, 0.25) is 5.02 Å². The van der Waals surface area contributed by atoms with E-state index >= 15 is 0 Å². The maximum atomic E-state index is 11.8. The molecule has 104 valence electrons. The van der Waals surface area contributed by atoms with E-state index < -0.39 is 18.0 Å². The number of halogens is 1. The molecule has 5 nitrogen and oxygen atoms in total. The average Bonchev–Trinajstić information content (AvgIpc) is 2.30. The van der Waals surface area contributed by atoms with Crippen LogP contribution in [0.5, 0.6) is 0 Å². The van der Waals surface area contributed by atoms with E-state index in [1.54, 1.807) is 39.0 Å². The highest BCUT2D eigenvalue weighted by Crippen LogP contribution is 2.25. The third-order valence-electron chi connectivity index (χ3n) is 2.68. The van der Waals surface area contributed by atoms with Gasteiger partial charge in [-0.05, 0) is 24.5 Å². The fourth-order valence-electron chi connectivity index (χ4n) is 1.59. The molecule has 1 unspecified atom stereocenters. The second-order valence-corrected chi connectivity index (χ2v) is 5.00. The first-order valence-corrected chi connectivity index (χ1v) is 6.26. The first-order chi connectivity index (χ1) is 8.82. The van der Waals surface area contributed by atoms with Crippen molar-refractivity contribution >= 4 is 29.3 Å². The van der Waals surface area contributed by atoms with Crippen LogP contribution in [-0.4, -0.2) is 23.1 Å². The topological polar surface area (TPSA) is 78.4 Å². The molecule has 6 heteroatoms. The molecular weight excluding hydrogens is 268 g/mol. The number of aryl methyl sites for hydroxylation is 1. The van der Waals surface area contributed by atoms with Crippen LogP contribution in [0, 0.1) is 12.8 Å². The van der Waals surface area contributed by atoms with Crippen LogP contribution in [0.4, 0.5) is 10.5 Å². The highest BCUT2D eigenvalue weighted by molar-refractivity contribution is 6.33. The van der Waals surface area contributed by atoms with Crippen LogP contribution < -0.4 is 10.6 Å². The minimum Gasteiger partial charge on any atom is -0.480 e. The summed E-state index contributed by atoms with van der Waals surface area (Å²) in [5.74, 6) is -1.28. The Morgan fingerprint density at radius 3 is 2.42 bits per heavy atom. The van der Waals surface area contributed by atoms with Crippen molar-refractivity contribution < 1.29 is 14.7 Å². The number of hydrogen-bond acceptors (Lipinski definition) is 2. The molecule has 0 spiro atoms. The zero-order chi connectivity index (χ0) is 14.6. The van der Waals surface area contributed by atoms with Crippen LogP contribution in [0.3, 0.4) is 0 Å². The number of hydrogen-bond donors (Lipinski definition) is 3. The lowest BCUT2D eigenvalue weighted by Gasteiger charge is -2.19. The number of carboxylic acid groups (broad SMARTS) is 1. The number of amides is 2. The molecular formula is C13H17ClN2O3. The van der Waals surface area contributed by atoms with E-state index in [1.165, 1.54) is 0 Å². The summed E-state index contributed by atoms with van der Waals surface area (Å²) in [5.41, 5.74) is 1.29. The zero-order valence-corrected chi connectivity index (χ0v) is 11.8. The average molecular weight is 285 g/mol. The van der Waals surface area contributed by atoms with Crippen molar-refractivity contribution in [3.05, 3.63) is 28.8 Å². The molecule has 2 amide bonds. The van der Waals surface area contributed by atoms with Crippen molar-refractivity contribution in [1.29, 1.82) is 0 Å². The van der Waals surface area contributed by atoms with Crippen molar-refractivity contribution in [2.24, 2.45) is 5.92 Å². The number of carbonyl (C=O) groups excluding carboxylic acids is 1. The normalized spacial score (nSPS) is 12.1. The molecule has 1 aromatic carbocycles. The lowest BCUT2D eigenvalue weighted by atomic mass is 10.1. The van der Waals surface area contributed by atoms with E-state index in [9.17, 15) is 9.59 Å². The van der Waals surface area contributed by atoms with E-state index in [0.717, 1.165) is 5.56 Å². The van der Waals surface area contributed by atoms with Gasteiger partial charge in [-0.15, -0.1) is 0 Å². The van der Waals surface area contributed by atoms with Crippen molar-refractivity contribution in [2.45, 2.75) is 26.8 Å². The minimum absolute atomic E-state index is 0.212. The Morgan fingerprint density at radius 2 is 1.95 bits per heavy atom. The Bertz CT molecular complexity index is 469. The SMILES string of the molecule is Cc1cccc(Cl)c1NC(=O)NC(C(=O)O)C(C)C. The Morgan fingerprint density at radius 1 is 1.32 bits per heavy atom. The predicted molar refractivity (Wildman–Crippen MR) is 74.6 cm³/mol. The fourth-order valence-corrected chi connectivity index (χ4v) is 1.86. The molecule has 0 aliphatic carbocycles. The number of para-hydroxylation sites is 1. The van der Waals surface area contributed by atoms with Crippen molar-refractivity contribution in [3.63, 3.8) is 0 Å². The molecule has 1 aromatic rings. The summed E-state index contributed by atoms with van der Waals surface area (Å²) in [6.07, 6.45) is 0. The number of carbonyl (C=O) groups is 2. The van der Waals surface area contributed by atoms with Gasteiger partial charge < -0.3 is 15.7 Å². The highest BCUT2D eigenvalue weighted by atomic mass is 35.5. The summed E-state index contributed by atoms with van der Waals surface area (Å²) in [6, 6.07) is 3.70. The monoisotopic (exact) mass is 284 g/mol. The third kappa shape index (κ3) is 4.13. The molecule has 0 radical (unpaired) electrons. The second kappa shape index (κ2) is 6.43. The van der Waals surface area contributed by atoms with Gasteiger partial charge in [0.05, 0.1) is 10.7 Å². The fraction of sp³-hybridized carbons (Fsp3) is 0.385. The maximum Gasteiger partial charge on any atom is 0.326 e. The van der Waals surface area contributed by atoms with Gasteiger partial charge in [-0.2, -0.15) is 0 Å². The number of rotatable bonds is 4. The van der Waals surface area contributed by atoms with E-state index in [4.69, 9.17) is 16.7 Å². The van der Waals surface area contributed by atoms with Gasteiger partial charge in [0, 0.05) is 0 Å². The highest BCUT2D eigenvalue weighted by Gasteiger charge is 2.23. The largest absolute Gasteiger partial charge is 0.480 e. The molecule has 0 aliphatic rings. The molecule has 0 aromatic heterocycles. The van der Waals surface area contributed by atoms with Crippen molar-refractivity contribution in [1.82, 2.24) is 5.32 Å². The first-order valence-electron chi connectivity index (χ1n) is 5.88. The van der Waals surface area contributed by atoms with Crippen LogP contribution in [0.1, 0.15) is 19.4 Å².